The van der Waals surface area contributed by atoms with Crippen molar-refractivity contribution >= 4 is 0 Å². The smallest absolute Gasteiger partial charge is 0.0609 e. The van der Waals surface area contributed by atoms with Gasteiger partial charge in [-0.3, -0.25) is 9.67 Å². The van der Waals surface area contributed by atoms with Crippen LogP contribution in [0.25, 0.3) is 0 Å². The highest BCUT2D eigenvalue weighted by Gasteiger charge is 2.15. The maximum absolute atomic E-state index is 4.44. The van der Waals surface area contributed by atoms with Crippen LogP contribution in [0.1, 0.15) is 49.6 Å². The molecular weight excluding hydrogens is 248 g/mol. The first-order chi connectivity index (χ1) is 9.74. The number of pyridine rings is 1. The van der Waals surface area contributed by atoms with Gasteiger partial charge in [0.15, 0.2) is 0 Å². The van der Waals surface area contributed by atoms with Gasteiger partial charge in [0.1, 0.15) is 0 Å². The van der Waals surface area contributed by atoms with Gasteiger partial charge in [0.2, 0.25) is 0 Å². The summed E-state index contributed by atoms with van der Waals surface area (Å²) < 4.78 is 2.02. The molecule has 0 amide bonds. The summed E-state index contributed by atoms with van der Waals surface area (Å²) in [5.41, 5.74) is 3.52. The number of nitrogens with one attached hydrogen (secondary N) is 1. The van der Waals surface area contributed by atoms with Crippen molar-refractivity contribution < 1.29 is 0 Å². The third-order valence-electron chi connectivity index (χ3n) is 3.29. The Morgan fingerprint density at radius 2 is 2.10 bits per heavy atom. The highest BCUT2D eigenvalue weighted by molar-refractivity contribution is 5.29. The summed E-state index contributed by atoms with van der Waals surface area (Å²) in [6.45, 7) is 8.34. The molecule has 2 rings (SSSR count). The first kappa shape index (κ1) is 14.7. The van der Waals surface area contributed by atoms with Crippen molar-refractivity contribution in [2.24, 2.45) is 0 Å². The van der Waals surface area contributed by atoms with Crippen LogP contribution < -0.4 is 5.32 Å². The van der Waals surface area contributed by atoms with Crippen molar-refractivity contribution in [3.05, 3.63) is 47.5 Å². The van der Waals surface area contributed by atoms with E-state index in [9.17, 15) is 0 Å². The molecule has 0 aromatic carbocycles. The third kappa shape index (κ3) is 3.67. The molecule has 4 nitrogen and oxygen atoms in total. The Morgan fingerprint density at radius 3 is 2.80 bits per heavy atom. The van der Waals surface area contributed by atoms with Gasteiger partial charge in [-0.15, -0.1) is 0 Å². The molecule has 0 radical (unpaired) electrons. The van der Waals surface area contributed by atoms with Crippen LogP contribution in [0.2, 0.25) is 0 Å². The predicted octanol–water partition coefficient (Wildman–Crippen LogP) is 3.09. The molecule has 0 spiro atoms. The summed E-state index contributed by atoms with van der Waals surface area (Å²) in [5.74, 6) is 0. The average Bonchev–Trinajstić information content (AvgIpc) is 2.88. The van der Waals surface area contributed by atoms with Crippen LogP contribution in [0, 0.1) is 6.92 Å². The quantitative estimate of drug-likeness (QED) is 0.842. The second-order valence-electron chi connectivity index (χ2n) is 5.15. The standard InChI is InChI=1S/C16H24N4/c1-4-7-18-16(14-6-8-17-13(3)10-14)15-11-19-20(12-15)9-5-2/h6,8,10-12,16,18H,4-5,7,9H2,1-3H3. The zero-order valence-electron chi connectivity index (χ0n) is 12.6. The third-order valence-corrected chi connectivity index (χ3v) is 3.29. The van der Waals surface area contributed by atoms with Crippen molar-refractivity contribution in [1.29, 1.82) is 0 Å². The number of nitrogens with zero attached hydrogens (tertiary/aromatic N) is 3. The number of aryl methyl sites for hydroxylation is 2. The summed E-state index contributed by atoms with van der Waals surface area (Å²) in [6.07, 6.45) is 8.21. The number of aromatic nitrogens is 3. The summed E-state index contributed by atoms with van der Waals surface area (Å²) in [5, 5.41) is 8.05. The van der Waals surface area contributed by atoms with Crippen molar-refractivity contribution in [3.63, 3.8) is 0 Å². The summed E-state index contributed by atoms with van der Waals surface area (Å²) in [6, 6.07) is 4.42. The molecule has 0 bridgehead atoms. The highest BCUT2D eigenvalue weighted by Crippen LogP contribution is 2.22. The molecule has 0 aliphatic carbocycles. The monoisotopic (exact) mass is 272 g/mol. The van der Waals surface area contributed by atoms with Crippen LogP contribution in [0.3, 0.4) is 0 Å². The van der Waals surface area contributed by atoms with Gasteiger partial charge in [0, 0.05) is 30.2 Å². The van der Waals surface area contributed by atoms with Crippen molar-refractivity contribution in [3.8, 4) is 0 Å². The lowest BCUT2D eigenvalue weighted by atomic mass is 10.0. The molecule has 1 unspecified atom stereocenters. The molecule has 1 atom stereocenters. The van der Waals surface area contributed by atoms with E-state index in [1.165, 1.54) is 11.1 Å². The topological polar surface area (TPSA) is 42.7 Å². The number of hydrogen-bond donors (Lipinski definition) is 1. The highest BCUT2D eigenvalue weighted by atomic mass is 15.3. The Hall–Kier alpha value is -1.68. The molecule has 0 saturated heterocycles. The van der Waals surface area contributed by atoms with Gasteiger partial charge in [0.05, 0.1) is 12.2 Å². The largest absolute Gasteiger partial charge is 0.306 e. The van der Waals surface area contributed by atoms with E-state index in [1.807, 2.05) is 24.0 Å². The fraction of sp³-hybridized carbons (Fsp3) is 0.500. The maximum Gasteiger partial charge on any atom is 0.0609 e. The lowest BCUT2D eigenvalue weighted by Crippen LogP contribution is -2.23. The second-order valence-corrected chi connectivity index (χ2v) is 5.15. The van der Waals surface area contributed by atoms with Gasteiger partial charge in [-0.1, -0.05) is 13.8 Å². The van der Waals surface area contributed by atoms with Crippen LogP contribution in [-0.4, -0.2) is 21.3 Å². The van der Waals surface area contributed by atoms with E-state index < -0.39 is 0 Å². The van der Waals surface area contributed by atoms with E-state index in [4.69, 9.17) is 0 Å². The normalized spacial score (nSPS) is 12.6. The molecule has 2 aromatic rings. The minimum absolute atomic E-state index is 0.197. The van der Waals surface area contributed by atoms with E-state index in [0.717, 1.165) is 31.6 Å². The van der Waals surface area contributed by atoms with E-state index in [2.05, 4.69) is 47.6 Å². The molecule has 1 N–H and O–H groups in total. The predicted molar refractivity (Wildman–Crippen MR) is 81.6 cm³/mol. The molecule has 0 saturated carbocycles. The number of hydrogen-bond acceptors (Lipinski definition) is 3. The number of rotatable bonds is 7. The van der Waals surface area contributed by atoms with E-state index in [-0.39, 0.29) is 6.04 Å². The Bertz CT molecular complexity index is 533. The average molecular weight is 272 g/mol. The Morgan fingerprint density at radius 1 is 1.25 bits per heavy atom. The Balaban J connectivity index is 2.26. The maximum atomic E-state index is 4.44. The Labute approximate surface area is 121 Å². The first-order valence-electron chi connectivity index (χ1n) is 7.42. The first-order valence-corrected chi connectivity index (χ1v) is 7.42. The molecule has 2 heterocycles. The summed E-state index contributed by atoms with van der Waals surface area (Å²) >= 11 is 0. The van der Waals surface area contributed by atoms with Crippen LogP contribution >= 0.6 is 0 Å². The van der Waals surface area contributed by atoms with E-state index in [0.29, 0.717) is 0 Å². The van der Waals surface area contributed by atoms with Crippen LogP contribution in [0.5, 0.6) is 0 Å². The lowest BCUT2D eigenvalue weighted by molar-refractivity contribution is 0.587. The molecule has 0 fully saturated rings. The molecule has 0 aliphatic rings. The fourth-order valence-electron chi connectivity index (χ4n) is 2.34. The van der Waals surface area contributed by atoms with Crippen LogP contribution in [0.4, 0.5) is 0 Å². The Kier molecular flexibility index (Phi) is 5.30. The zero-order chi connectivity index (χ0) is 14.4. The van der Waals surface area contributed by atoms with Crippen molar-refractivity contribution in [2.45, 2.75) is 46.2 Å². The fourth-order valence-corrected chi connectivity index (χ4v) is 2.34. The van der Waals surface area contributed by atoms with Gasteiger partial charge in [-0.2, -0.15) is 5.10 Å². The molecular formula is C16H24N4. The van der Waals surface area contributed by atoms with Crippen molar-refractivity contribution in [1.82, 2.24) is 20.1 Å². The minimum atomic E-state index is 0.197. The zero-order valence-corrected chi connectivity index (χ0v) is 12.6. The van der Waals surface area contributed by atoms with Crippen LogP contribution in [-0.2, 0) is 6.54 Å². The summed E-state index contributed by atoms with van der Waals surface area (Å²) in [4.78, 5) is 4.28. The van der Waals surface area contributed by atoms with Gasteiger partial charge in [-0.05, 0) is 44.0 Å². The second kappa shape index (κ2) is 7.20. The van der Waals surface area contributed by atoms with E-state index in [1.54, 1.807) is 0 Å². The lowest BCUT2D eigenvalue weighted by Gasteiger charge is -2.18. The van der Waals surface area contributed by atoms with Gasteiger partial charge < -0.3 is 5.32 Å². The molecule has 108 valence electrons. The van der Waals surface area contributed by atoms with Crippen LogP contribution in [0.15, 0.2) is 30.7 Å². The summed E-state index contributed by atoms with van der Waals surface area (Å²) in [7, 11) is 0. The molecule has 4 heteroatoms. The van der Waals surface area contributed by atoms with Gasteiger partial charge in [0.25, 0.3) is 0 Å². The van der Waals surface area contributed by atoms with Gasteiger partial charge >= 0.3 is 0 Å². The molecule has 0 aliphatic heterocycles. The SMILES string of the molecule is CCCNC(c1ccnc(C)c1)c1cnn(CCC)c1. The van der Waals surface area contributed by atoms with E-state index >= 15 is 0 Å². The molecule has 20 heavy (non-hydrogen) atoms. The minimum Gasteiger partial charge on any atom is -0.306 e. The van der Waals surface area contributed by atoms with Gasteiger partial charge in [-0.25, -0.2) is 0 Å². The van der Waals surface area contributed by atoms with Crippen molar-refractivity contribution in [2.75, 3.05) is 6.54 Å². The molecule has 2 aromatic heterocycles.